The summed E-state index contributed by atoms with van der Waals surface area (Å²) in [5, 5.41) is 14.7. The number of nitrogens with one attached hydrogen (secondary N) is 3. The molecule has 0 aliphatic rings. The minimum atomic E-state index is -3.72. The number of sulfonamides is 1. The first-order valence-electron chi connectivity index (χ1n) is 8.40. The van der Waals surface area contributed by atoms with Gasteiger partial charge in [-0.1, -0.05) is 23.5 Å². The first-order chi connectivity index (χ1) is 13.8. The van der Waals surface area contributed by atoms with Crippen LogP contribution in [-0.2, 0) is 16.6 Å². The smallest absolute Gasteiger partial charge is 0.238 e. The zero-order valence-corrected chi connectivity index (χ0v) is 17.3. The first kappa shape index (κ1) is 20.6. The minimum absolute atomic E-state index is 0.0562. The molecule has 0 fully saturated rings. The number of aromatic nitrogens is 3. The van der Waals surface area contributed by atoms with E-state index in [-0.39, 0.29) is 4.90 Å². The maximum absolute atomic E-state index is 11.3. The van der Waals surface area contributed by atoms with Gasteiger partial charge in [-0.05, 0) is 24.6 Å². The van der Waals surface area contributed by atoms with Gasteiger partial charge in [-0.15, -0.1) is 0 Å². The summed E-state index contributed by atoms with van der Waals surface area (Å²) in [7, 11) is -1.98. The SMILES string of the molecule is CNc1cc(NCc2ccc(S(N)(=O)=O)cc2)nc(Nc2nc(C)c(C=O)s2)n1. The van der Waals surface area contributed by atoms with Crippen LogP contribution >= 0.6 is 11.3 Å². The van der Waals surface area contributed by atoms with Gasteiger partial charge < -0.3 is 10.6 Å². The van der Waals surface area contributed by atoms with Crippen LogP contribution in [0.15, 0.2) is 35.2 Å². The number of nitrogens with zero attached hydrogens (tertiary/aromatic N) is 3. The Hall–Kier alpha value is -3.09. The van der Waals surface area contributed by atoms with Crippen LogP contribution in [0.2, 0.25) is 0 Å². The van der Waals surface area contributed by atoms with Crippen LogP contribution in [0.4, 0.5) is 22.7 Å². The maximum Gasteiger partial charge on any atom is 0.238 e. The number of anilines is 4. The van der Waals surface area contributed by atoms with Gasteiger partial charge in [0.1, 0.15) is 11.6 Å². The van der Waals surface area contributed by atoms with Gasteiger partial charge in [-0.3, -0.25) is 10.1 Å². The summed E-state index contributed by atoms with van der Waals surface area (Å²) in [6.45, 7) is 2.17. The number of aryl methyl sites for hydroxylation is 1. The van der Waals surface area contributed by atoms with Crippen LogP contribution in [0.5, 0.6) is 0 Å². The fourth-order valence-corrected chi connectivity index (χ4v) is 3.67. The van der Waals surface area contributed by atoms with E-state index in [0.29, 0.717) is 39.8 Å². The lowest BCUT2D eigenvalue weighted by Crippen LogP contribution is -2.12. The van der Waals surface area contributed by atoms with E-state index in [1.54, 1.807) is 32.2 Å². The zero-order chi connectivity index (χ0) is 21.0. The van der Waals surface area contributed by atoms with E-state index >= 15 is 0 Å². The van der Waals surface area contributed by atoms with E-state index in [2.05, 4.69) is 30.9 Å². The highest BCUT2D eigenvalue weighted by Gasteiger charge is 2.10. The van der Waals surface area contributed by atoms with Crippen LogP contribution in [0.25, 0.3) is 0 Å². The molecule has 0 spiro atoms. The average molecular weight is 434 g/mol. The summed E-state index contributed by atoms with van der Waals surface area (Å²) in [5.74, 6) is 1.44. The third kappa shape index (κ3) is 5.25. The Balaban J connectivity index is 1.75. The van der Waals surface area contributed by atoms with Crippen LogP contribution in [-0.4, -0.2) is 36.7 Å². The standard InChI is InChI=1S/C17H19N7O3S2/c1-10-13(9-25)28-17(21-10)24-16-22-14(19-2)7-15(23-16)20-8-11-3-5-12(6-4-11)29(18,26)27/h3-7,9H,8H2,1-2H3,(H2,18,26,27)(H3,19,20,21,22,23,24). The van der Waals surface area contributed by atoms with Crippen molar-refractivity contribution in [2.45, 2.75) is 18.4 Å². The van der Waals surface area contributed by atoms with Crippen molar-refractivity contribution in [3.8, 4) is 0 Å². The molecule has 152 valence electrons. The van der Waals surface area contributed by atoms with Crippen molar-refractivity contribution in [1.29, 1.82) is 0 Å². The fourth-order valence-electron chi connectivity index (χ4n) is 2.38. The molecule has 2 heterocycles. The number of carbonyl (C=O) groups is 1. The lowest BCUT2D eigenvalue weighted by molar-refractivity contribution is 0.112. The van der Waals surface area contributed by atoms with Crippen molar-refractivity contribution in [2.24, 2.45) is 5.14 Å². The Labute approximate surface area is 171 Å². The molecule has 0 aliphatic carbocycles. The third-order valence-electron chi connectivity index (χ3n) is 3.87. The number of nitrogens with two attached hydrogens (primary N) is 1. The molecule has 29 heavy (non-hydrogen) atoms. The van der Waals surface area contributed by atoms with E-state index in [4.69, 9.17) is 5.14 Å². The topological polar surface area (TPSA) is 152 Å². The Morgan fingerprint density at radius 2 is 1.83 bits per heavy atom. The number of hydrogen-bond donors (Lipinski definition) is 4. The zero-order valence-electron chi connectivity index (χ0n) is 15.6. The number of primary sulfonamides is 1. The Morgan fingerprint density at radius 3 is 2.41 bits per heavy atom. The molecule has 10 nitrogen and oxygen atoms in total. The highest BCUT2D eigenvalue weighted by Crippen LogP contribution is 2.24. The Kier molecular flexibility index (Phi) is 6.06. The van der Waals surface area contributed by atoms with Gasteiger partial charge in [0.15, 0.2) is 11.4 Å². The van der Waals surface area contributed by atoms with Crippen LogP contribution < -0.4 is 21.1 Å². The summed E-state index contributed by atoms with van der Waals surface area (Å²) in [6, 6.07) is 7.98. The van der Waals surface area contributed by atoms with Crippen molar-refractivity contribution < 1.29 is 13.2 Å². The normalized spacial score (nSPS) is 11.1. The van der Waals surface area contributed by atoms with Gasteiger partial charge in [0.05, 0.1) is 15.5 Å². The fraction of sp³-hybridized carbons (Fsp3) is 0.176. The summed E-state index contributed by atoms with van der Waals surface area (Å²) >= 11 is 1.22. The minimum Gasteiger partial charge on any atom is -0.373 e. The predicted molar refractivity (Wildman–Crippen MR) is 112 cm³/mol. The molecule has 0 bridgehead atoms. The van der Waals surface area contributed by atoms with E-state index in [1.165, 1.54) is 23.5 Å². The lowest BCUT2D eigenvalue weighted by Gasteiger charge is -2.10. The second-order valence-corrected chi connectivity index (χ2v) is 8.56. The van der Waals surface area contributed by atoms with Gasteiger partial charge in [0.25, 0.3) is 0 Å². The van der Waals surface area contributed by atoms with Crippen molar-refractivity contribution >= 4 is 50.4 Å². The molecular weight excluding hydrogens is 414 g/mol. The number of hydrogen-bond acceptors (Lipinski definition) is 10. The molecule has 0 saturated carbocycles. The molecule has 3 rings (SSSR count). The first-order valence-corrected chi connectivity index (χ1v) is 10.8. The van der Waals surface area contributed by atoms with Gasteiger partial charge in [0.2, 0.25) is 16.0 Å². The molecule has 3 aromatic rings. The average Bonchev–Trinajstić information content (AvgIpc) is 3.04. The molecule has 0 unspecified atom stereocenters. The van der Waals surface area contributed by atoms with E-state index in [9.17, 15) is 13.2 Å². The number of thiazole rings is 1. The predicted octanol–water partition coefficient (Wildman–Crippen LogP) is 2.10. The maximum atomic E-state index is 11.3. The Morgan fingerprint density at radius 1 is 1.14 bits per heavy atom. The highest BCUT2D eigenvalue weighted by molar-refractivity contribution is 7.89. The van der Waals surface area contributed by atoms with Gasteiger partial charge in [0, 0.05) is 19.7 Å². The largest absolute Gasteiger partial charge is 0.373 e. The lowest BCUT2D eigenvalue weighted by atomic mass is 10.2. The molecular formula is C17H19N7O3S2. The Bertz CT molecular complexity index is 1130. The van der Waals surface area contributed by atoms with Crippen LogP contribution in [0, 0.1) is 6.92 Å². The van der Waals surface area contributed by atoms with Gasteiger partial charge in [-0.2, -0.15) is 9.97 Å². The van der Waals surface area contributed by atoms with Gasteiger partial charge in [-0.25, -0.2) is 18.5 Å². The molecule has 0 radical (unpaired) electrons. The molecule has 2 aromatic heterocycles. The quantitative estimate of drug-likeness (QED) is 0.391. The number of carbonyl (C=O) groups excluding carboxylic acids is 1. The van der Waals surface area contributed by atoms with E-state index in [1.807, 2.05) is 0 Å². The second kappa shape index (κ2) is 8.51. The molecule has 1 aromatic carbocycles. The summed E-state index contributed by atoms with van der Waals surface area (Å²) in [4.78, 5) is 24.6. The van der Waals surface area contributed by atoms with Crippen molar-refractivity contribution in [3.05, 3.63) is 46.5 Å². The van der Waals surface area contributed by atoms with E-state index < -0.39 is 10.0 Å². The molecule has 0 saturated heterocycles. The molecule has 0 aliphatic heterocycles. The molecule has 12 heteroatoms. The van der Waals surface area contributed by atoms with Crippen LogP contribution in [0.1, 0.15) is 20.9 Å². The number of rotatable bonds is 8. The molecule has 0 atom stereocenters. The van der Waals surface area contributed by atoms with Crippen molar-refractivity contribution in [1.82, 2.24) is 15.0 Å². The van der Waals surface area contributed by atoms with Gasteiger partial charge >= 0.3 is 0 Å². The summed E-state index contributed by atoms with van der Waals surface area (Å²) in [5.41, 5.74) is 1.49. The number of aldehydes is 1. The highest BCUT2D eigenvalue weighted by atomic mass is 32.2. The van der Waals surface area contributed by atoms with E-state index in [0.717, 1.165) is 11.8 Å². The van der Waals surface area contributed by atoms with Crippen molar-refractivity contribution in [2.75, 3.05) is 23.0 Å². The molecule has 5 N–H and O–H groups in total. The molecule has 0 amide bonds. The summed E-state index contributed by atoms with van der Waals surface area (Å²) < 4.78 is 22.7. The number of benzene rings is 1. The second-order valence-electron chi connectivity index (χ2n) is 5.97. The van der Waals surface area contributed by atoms with Crippen LogP contribution in [0.3, 0.4) is 0 Å². The van der Waals surface area contributed by atoms with Crippen molar-refractivity contribution in [3.63, 3.8) is 0 Å². The summed E-state index contributed by atoms with van der Waals surface area (Å²) in [6.07, 6.45) is 0.761. The third-order valence-corrected chi connectivity index (χ3v) is 5.79. The monoisotopic (exact) mass is 433 g/mol.